The Bertz CT molecular complexity index is 175. The maximum atomic E-state index is 10.6. The van der Waals surface area contributed by atoms with Crippen molar-refractivity contribution in [2.75, 3.05) is 19.8 Å². The Morgan fingerprint density at radius 1 is 1.75 bits per heavy atom. The predicted molar refractivity (Wildman–Crippen MR) is 42.8 cm³/mol. The molecule has 6 heteroatoms. The van der Waals surface area contributed by atoms with E-state index in [1.54, 1.807) is 6.82 Å². The fraction of sp³-hybridized carbons (Fsp3) is 0.833. The summed E-state index contributed by atoms with van der Waals surface area (Å²) in [6.07, 6.45) is 0. The summed E-state index contributed by atoms with van der Waals surface area (Å²) in [5.74, 6) is -0.949. The largest absolute Gasteiger partial charge is 0.480 e. The molecule has 1 unspecified atom stereocenters. The van der Waals surface area contributed by atoms with Gasteiger partial charge in [-0.15, -0.1) is 0 Å². The van der Waals surface area contributed by atoms with Gasteiger partial charge in [0.2, 0.25) is 0 Å². The lowest BCUT2D eigenvalue weighted by Gasteiger charge is -2.33. The molecule has 1 rings (SSSR count). The minimum Gasteiger partial charge on any atom is -0.480 e. The molecule has 0 aromatic rings. The van der Waals surface area contributed by atoms with E-state index in [0.29, 0.717) is 13.2 Å². The Hall–Kier alpha value is -0.585. The fourth-order valence-corrected chi connectivity index (χ4v) is 1.28. The molecule has 1 atom stereocenters. The molecule has 0 spiro atoms. The molecule has 0 aliphatic carbocycles. The summed E-state index contributed by atoms with van der Waals surface area (Å²) in [6.45, 7) is 2.66. The number of ether oxygens (including phenoxy) is 1. The second kappa shape index (κ2) is 3.89. The van der Waals surface area contributed by atoms with Crippen molar-refractivity contribution in [3.63, 3.8) is 0 Å². The number of hydrogen-bond acceptors (Lipinski definition) is 4. The molecule has 5 nitrogen and oxygen atoms in total. The molecule has 1 aliphatic heterocycles. The summed E-state index contributed by atoms with van der Waals surface area (Å²) in [5, 5.41) is 17.9. The zero-order valence-electron chi connectivity index (χ0n) is 6.93. The molecule has 0 radical (unpaired) electrons. The maximum absolute atomic E-state index is 10.6. The van der Waals surface area contributed by atoms with Crippen LogP contribution in [-0.2, 0) is 9.53 Å². The molecule has 0 bridgehead atoms. The summed E-state index contributed by atoms with van der Waals surface area (Å²) in [6, 6.07) is -0.709. The third kappa shape index (κ3) is 1.97. The second-order valence-corrected chi connectivity index (χ2v) is 2.80. The van der Waals surface area contributed by atoms with Crippen LogP contribution in [0, 0.1) is 0 Å². The summed E-state index contributed by atoms with van der Waals surface area (Å²) < 4.78 is 4.99. The highest BCUT2D eigenvalue weighted by molar-refractivity contribution is 6.45. The third-order valence-corrected chi connectivity index (χ3v) is 1.93. The molecule has 0 saturated carbocycles. The fourth-order valence-electron chi connectivity index (χ4n) is 1.28. The number of rotatable bonds is 2. The van der Waals surface area contributed by atoms with E-state index >= 15 is 0 Å². The first-order valence-electron chi connectivity index (χ1n) is 3.87. The van der Waals surface area contributed by atoms with Gasteiger partial charge in [0.1, 0.15) is 6.04 Å². The van der Waals surface area contributed by atoms with Crippen molar-refractivity contribution < 1.29 is 19.7 Å². The second-order valence-electron chi connectivity index (χ2n) is 2.80. The van der Waals surface area contributed by atoms with Crippen LogP contribution < -0.4 is 0 Å². The molecule has 2 N–H and O–H groups in total. The molecule has 1 aliphatic rings. The molecule has 0 amide bonds. The van der Waals surface area contributed by atoms with E-state index in [1.807, 2.05) is 0 Å². The van der Waals surface area contributed by atoms with Gasteiger partial charge in [0, 0.05) is 6.54 Å². The van der Waals surface area contributed by atoms with Gasteiger partial charge in [0.05, 0.1) is 13.2 Å². The van der Waals surface area contributed by atoms with Crippen molar-refractivity contribution in [3.8, 4) is 0 Å². The molecule has 12 heavy (non-hydrogen) atoms. The van der Waals surface area contributed by atoms with Crippen molar-refractivity contribution in [2.24, 2.45) is 0 Å². The van der Waals surface area contributed by atoms with Crippen LogP contribution in [0.25, 0.3) is 0 Å². The number of carboxylic acids is 1. The number of aliphatic carboxylic acids is 1. The monoisotopic (exact) mass is 173 g/mol. The van der Waals surface area contributed by atoms with Crippen molar-refractivity contribution in [2.45, 2.75) is 12.9 Å². The van der Waals surface area contributed by atoms with E-state index in [1.165, 1.54) is 4.81 Å². The molecule has 0 aromatic carbocycles. The van der Waals surface area contributed by atoms with Crippen LogP contribution in [0.4, 0.5) is 0 Å². The first-order chi connectivity index (χ1) is 5.63. The number of morpholine rings is 1. The van der Waals surface area contributed by atoms with Crippen LogP contribution in [0.3, 0.4) is 0 Å². The van der Waals surface area contributed by atoms with Gasteiger partial charge in [-0.3, -0.25) is 4.79 Å². The Balaban J connectivity index is 2.60. The predicted octanol–water partition coefficient (Wildman–Crippen LogP) is -1.12. The highest BCUT2D eigenvalue weighted by atomic mass is 16.5. The zero-order valence-corrected chi connectivity index (χ0v) is 6.93. The summed E-state index contributed by atoms with van der Waals surface area (Å²) in [7, 11) is -0.727. The quantitative estimate of drug-likeness (QED) is 0.517. The van der Waals surface area contributed by atoms with Crippen LogP contribution in [0.15, 0.2) is 0 Å². The smallest absolute Gasteiger partial charge is 0.377 e. The topological polar surface area (TPSA) is 70.0 Å². The number of carboxylic acid groups (broad SMARTS) is 1. The first kappa shape index (κ1) is 9.50. The molecular weight excluding hydrogens is 161 g/mol. The lowest BCUT2D eigenvalue weighted by Crippen LogP contribution is -2.55. The van der Waals surface area contributed by atoms with E-state index in [2.05, 4.69) is 0 Å². The maximum Gasteiger partial charge on any atom is 0.377 e. The van der Waals surface area contributed by atoms with Gasteiger partial charge in [-0.05, 0) is 6.82 Å². The SMILES string of the molecule is CB(O)N1CCOCC1C(=O)O. The Kier molecular flexibility index (Phi) is 3.08. The molecular formula is C6H12BNO4. The van der Waals surface area contributed by atoms with Gasteiger partial charge in [-0.2, -0.15) is 0 Å². The molecule has 0 aromatic heterocycles. The minimum absolute atomic E-state index is 0.153. The van der Waals surface area contributed by atoms with Gasteiger partial charge in [-0.25, -0.2) is 0 Å². The average molecular weight is 173 g/mol. The van der Waals surface area contributed by atoms with E-state index in [4.69, 9.17) is 9.84 Å². The van der Waals surface area contributed by atoms with Gasteiger partial charge < -0.3 is 19.7 Å². The van der Waals surface area contributed by atoms with E-state index in [9.17, 15) is 9.82 Å². The van der Waals surface area contributed by atoms with E-state index in [0.717, 1.165) is 0 Å². The Morgan fingerprint density at radius 3 is 2.83 bits per heavy atom. The summed E-state index contributed by atoms with van der Waals surface area (Å²) >= 11 is 0. The lowest BCUT2D eigenvalue weighted by atomic mass is 9.82. The minimum atomic E-state index is -0.949. The molecule has 1 fully saturated rings. The zero-order chi connectivity index (χ0) is 9.14. The van der Waals surface area contributed by atoms with Crippen LogP contribution in [0.2, 0.25) is 6.82 Å². The summed E-state index contributed by atoms with van der Waals surface area (Å²) in [5.41, 5.74) is 0. The first-order valence-corrected chi connectivity index (χ1v) is 3.87. The van der Waals surface area contributed by atoms with Crippen molar-refractivity contribution in [1.29, 1.82) is 0 Å². The number of hydrogen-bond donors (Lipinski definition) is 2. The van der Waals surface area contributed by atoms with Crippen LogP contribution in [0.5, 0.6) is 0 Å². The highest BCUT2D eigenvalue weighted by Crippen LogP contribution is 2.07. The number of carbonyl (C=O) groups is 1. The van der Waals surface area contributed by atoms with E-state index < -0.39 is 19.1 Å². The third-order valence-electron chi connectivity index (χ3n) is 1.93. The standard InChI is InChI=1S/C6H12BNO4/c1-7(11)8-2-3-12-4-5(8)6(9)10/h5,11H,2-4H2,1H3,(H,9,10). The normalized spacial score (nSPS) is 25.3. The van der Waals surface area contributed by atoms with Gasteiger partial charge in [0.15, 0.2) is 0 Å². The van der Waals surface area contributed by atoms with Crippen LogP contribution >= 0.6 is 0 Å². The Labute approximate surface area is 71.1 Å². The van der Waals surface area contributed by atoms with Gasteiger partial charge >= 0.3 is 13.0 Å². The van der Waals surface area contributed by atoms with Crippen molar-refractivity contribution in [1.82, 2.24) is 4.81 Å². The lowest BCUT2D eigenvalue weighted by molar-refractivity contribution is -0.146. The highest BCUT2D eigenvalue weighted by Gasteiger charge is 2.33. The van der Waals surface area contributed by atoms with Crippen LogP contribution in [0.1, 0.15) is 0 Å². The molecule has 68 valence electrons. The number of nitrogens with zero attached hydrogens (tertiary/aromatic N) is 1. The van der Waals surface area contributed by atoms with E-state index in [-0.39, 0.29) is 6.61 Å². The Morgan fingerprint density at radius 2 is 2.42 bits per heavy atom. The molecule has 1 saturated heterocycles. The van der Waals surface area contributed by atoms with Gasteiger partial charge in [0.25, 0.3) is 0 Å². The van der Waals surface area contributed by atoms with Gasteiger partial charge in [-0.1, -0.05) is 0 Å². The summed E-state index contributed by atoms with van der Waals surface area (Å²) in [4.78, 5) is 12.1. The molecule has 1 heterocycles. The average Bonchev–Trinajstić information content (AvgIpc) is 2.04. The van der Waals surface area contributed by atoms with Crippen molar-refractivity contribution >= 4 is 13.0 Å². The van der Waals surface area contributed by atoms with Crippen molar-refractivity contribution in [3.05, 3.63) is 0 Å². The van der Waals surface area contributed by atoms with Crippen LogP contribution in [-0.4, -0.2) is 53.8 Å².